The zero-order valence-corrected chi connectivity index (χ0v) is 20.6. The van der Waals surface area contributed by atoms with Gasteiger partial charge in [0.25, 0.3) is 0 Å². The molecule has 0 aliphatic carbocycles. The summed E-state index contributed by atoms with van der Waals surface area (Å²) in [6, 6.07) is 8.71. The third kappa shape index (κ3) is 5.00. The van der Waals surface area contributed by atoms with Gasteiger partial charge in [0, 0.05) is 34.6 Å². The quantitative estimate of drug-likeness (QED) is 0.336. The van der Waals surface area contributed by atoms with Crippen LogP contribution in [0.25, 0.3) is 22.3 Å². The zero-order valence-electron chi connectivity index (χ0n) is 20.6. The second-order valence-electron chi connectivity index (χ2n) is 10.1. The number of aliphatic hydroxyl groups is 1. The van der Waals surface area contributed by atoms with E-state index < -0.39 is 11.7 Å². The molecule has 3 N–H and O–H groups in total. The van der Waals surface area contributed by atoms with Crippen molar-refractivity contribution in [2.24, 2.45) is 0 Å². The lowest BCUT2D eigenvalue weighted by Crippen LogP contribution is -2.39. The van der Waals surface area contributed by atoms with Gasteiger partial charge in [-0.25, -0.2) is 0 Å². The van der Waals surface area contributed by atoms with Crippen LogP contribution < -0.4 is 4.74 Å². The standard InChI is InChI=1S/C29H34O5/c1-17(2)7-6-8-18(3)9-11-21-24(31)12-10-19-13-25(34-28(19)21)22-14-20(30)15-26-23(22)16-27(33-26)29(4,5)32/h7,9-10,12-15,27,30-32H,6,8,11,16H2,1-5H3/b18-9+/t27-/m1/s1. The third-order valence-electron chi connectivity index (χ3n) is 6.42. The summed E-state index contributed by atoms with van der Waals surface area (Å²) in [6.45, 7) is 9.75. The molecule has 5 nitrogen and oxygen atoms in total. The van der Waals surface area contributed by atoms with E-state index in [2.05, 4.69) is 32.9 Å². The smallest absolute Gasteiger partial charge is 0.142 e. The summed E-state index contributed by atoms with van der Waals surface area (Å²) in [7, 11) is 0. The molecule has 0 radical (unpaired) electrons. The van der Waals surface area contributed by atoms with E-state index in [1.165, 1.54) is 11.1 Å². The minimum atomic E-state index is -1.02. The van der Waals surface area contributed by atoms with E-state index in [1.807, 2.05) is 12.1 Å². The first-order chi connectivity index (χ1) is 16.0. The maximum atomic E-state index is 10.6. The van der Waals surface area contributed by atoms with Gasteiger partial charge in [-0.1, -0.05) is 23.3 Å². The van der Waals surface area contributed by atoms with Gasteiger partial charge in [0.1, 0.15) is 34.7 Å². The van der Waals surface area contributed by atoms with Gasteiger partial charge in [-0.2, -0.15) is 0 Å². The molecule has 180 valence electrons. The summed E-state index contributed by atoms with van der Waals surface area (Å²) in [5, 5.41) is 32.2. The molecule has 1 aliphatic rings. The van der Waals surface area contributed by atoms with Crippen molar-refractivity contribution in [2.75, 3.05) is 0 Å². The van der Waals surface area contributed by atoms with Gasteiger partial charge in [0.15, 0.2) is 0 Å². The van der Waals surface area contributed by atoms with Crippen molar-refractivity contribution in [3.63, 3.8) is 0 Å². The molecule has 0 unspecified atom stereocenters. The molecule has 1 atom stereocenters. The average molecular weight is 463 g/mol. The van der Waals surface area contributed by atoms with Gasteiger partial charge >= 0.3 is 0 Å². The SMILES string of the molecule is CC(C)=CCC/C(C)=C/Cc1c(O)ccc2cc(-c3cc(O)cc4c3C[C@H](C(C)(C)O)O4)oc12. The second-order valence-corrected chi connectivity index (χ2v) is 10.1. The van der Waals surface area contributed by atoms with Crippen LogP contribution >= 0.6 is 0 Å². The normalized spacial score (nSPS) is 15.9. The number of phenolic OH excluding ortho intramolecular Hbond substituents is 2. The number of benzene rings is 2. The predicted molar refractivity (Wildman–Crippen MR) is 136 cm³/mol. The molecule has 2 aromatic carbocycles. The lowest BCUT2D eigenvalue weighted by atomic mass is 9.94. The fourth-order valence-electron chi connectivity index (χ4n) is 4.39. The number of hydrogen-bond acceptors (Lipinski definition) is 5. The molecular formula is C29H34O5. The first-order valence-electron chi connectivity index (χ1n) is 11.8. The van der Waals surface area contributed by atoms with E-state index in [0.29, 0.717) is 29.9 Å². The van der Waals surface area contributed by atoms with Crippen LogP contribution in [-0.2, 0) is 12.8 Å². The number of rotatable bonds is 7. The summed E-state index contributed by atoms with van der Waals surface area (Å²) < 4.78 is 12.2. The summed E-state index contributed by atoms with van der Waals surface area (Å²) in [6.07, 6.45) is 7.02. The van der Waals surface area contributed by atoms with Gasteiger partial charge in [-0.3, -0.25) is 0 Å². The molecule has 2 heterocycles. The Labute approximate surface area is 201 Å². The van der Waals surface area contributed by atoms with Crippen LogP contribution in [0.3, 0.4) is 0 Å². The van der Waals surface area contributed by atoms with E-state index >= 15 is 0 Å². The van der Waals surface area contributed by atoms with E-state index in [-0.39, 0.29) is 11.5 Å². The Bertz CT molecular complexity index is 1270. The van der Waals surface area contributed by atoms with E-state index in [9.17, 15) is 15.3 Å². The molecule has 0 fully saturated rings. The minimum absolute atomic E-state index is 0.0728. The van der Waals surface area contributed by atoms with Crippen molar-refractivity contribution >= 4 is 11.0 Å². The Kier molecular flexibility index (Phi) is 6.50. The molecule has 5 heteroatoms. The first-order valence-corrected chi connectivity index (χ1v) is 11.8. The maximum absolute atomic E-state index is 10.6. The molecule has 1 aromatic heterocycles. The molecular weight excluding hydrogens is 428 g/mol. The number of ether oxygens (including phenoxy) is 1. The fraction of sp³-hybridized carbons (Fsp3) is 0.379. The lowest BCUT2D eigenvalue weighted by molar-refractivity contribution is -0.0230. The maximum Gasteiger partial charge on any atom is 0.142 e. The highest BCUT2D eigenvalue weighted by Gasteiger charge is 2.37. The van der Waals surface area contributed by atoms with E-state index in [4.69, 9.17) is 9.15 Å². The molecule has 1 aliphatic heterocycles. The van der Waals surface area contributed by atoms with Gasteiger partial charge in [-0.15, -0.1) is 0 Å². The Morgan fingerprint density at radius 2 is 1.85 bits per heavy atom. The summed E-state index contributed by atoms with van der Waals surface area (Å²) in [5.74, 6) is 1.43. The van der Waals surface area contributed by atoms with Crippen molar-refractivity contribution in [1.29, 1.82) is 0 Å². The number of hydrogen-bond donors (Lipinski definition) is 3. The Morgan fingerprint density at radius 3 is 2.56 bits per heavy atom. The van der Waals surface area contributed by atoms with Crippen LogP contribution in [0.5, 0.6) is 17.2 Å². The predicted octanol–water partition coefficient (Wildman–Crippen LogP) is 6.82. The second kappa shape index (κ2) is 9.22. The van der Waals surface area contributed by atoms with Crippen molar-refractivity contribution in [3.05, 3.63) is 64.8 Å². The zero-order chi connectivity index (χ0) is 24.6. The molecule has 0 amide bonds. The largest absolute Gasteiger partial charge is 0.508 e. The van der Waals surface area contributed by atoms with Crippen molar-refractivity contribution in [3.8, 4) is 28.6 Å². The molecule has 3 aromatic rings. The molecule has 0 bridgehead atoms. The van der Waals surface area contributed by atoms with Gasteiger partial charge in [-0.05, 0) is 78.1 Å². The topological polar surface area (TPSA) is 83.1 Å². The van der Waals surface area contributed by atoms with Gasteiger partial charge < -0.3 is 24.5 Å². The summed E-state index contributed by atoms with van der Waals surface area (Å²) in [4.78, 5) is 0. The Balaban J connectivity index is 1.68. The number of aromatic hydroxyl groups is 2. The van der Waals surface area contributed by atoms with Crippen LogP contribution in [0, 0.1) is 0 Å². The lowest BCUT2D eigenvalue weighted by Gasteiger charge is -2.24. The van der Waals surface area contributed by atoms with Crippen LogP contribution in [0.4, 0.5) is 0 Å². The van der Waals surface area contributed by atoms with Crippen molar-refractivity contribution in [1.82, 2.24) is 0 Å². The van der Waals surface area contributed by atoms with E-state index in [0.717, 1.165) is 34.9 Å². The van der Waals surface area contributed by atoms with Crippen molar-refractivity contribution < 1.29 is 24.5 Å². The first kappa shape index (κ1) is 24.0. The molecule has 0 saturated carbocycles. The van der Waals surface area contributed by atoms with Crippen molar-refractivity contribution in [2.45, 2.75) is 72.0 Å². The molecule has 34 heavy (non-hydrogen) atoms. The third-order valence-corrected chi connectivity index (χ3v) is 6.42. The van der Waals surface area contributed by atoms with Crippen LogP contribution in [0.1, 0.15) is 58.6 Å². The van der Waals surface area contributed by atoms with Crippen LogP contribution in [0.15, 0.2) is 58.0 Å². The number of allylic oxidation sites excluding steroid dienone is 4. The monoisotopic (exact) mass is 462 g/mol. The van der Waals surface area contributed by atoms with Gasteiger partial charge in [0.2, 0.25) is 0 Å². The number of furan rings is 1. The fourth-order valence-corrected chi connectivity index (χ4v) is 4.39. The van der Waals surface area contributed by atoms with Gasteiger partial charge in [0.05, 0.1) is 5.60 Å². The molecule has 0 saturated heterocycles. The average Bonchev–Trinajstić information content (AvgIpc) is 3.36. The highest BCUT2D eigenvalue weighted by atomic mass is 16.5. The molecule has 4 rings (SSSR count). The Hall–Kier alpha value is -3.18. The Morgan fingerprint density at radius 1 is 1.09 bits per heavy atom. The summed E-state index contributed by atoms with van der Waals surface area (Å²) >= 11 is 0. The van der Waals surface area contributed by atoms with Crippen LogP contribution in [-0.4, -0.2) is 27.0 Å². The minimum Gasteiger partial charge on any atom is -0.508 e. The highest BCUT2D eigenvalue weighted by Crippen LogP contribution is 2.44. The van der Waals surface area contributed by atoms with Crippen LogP contribution in [0.2, 0.25) is 0 Å². The van der Waals surface area contributed by atoms with E-state index in [1.54, 1.807) is 32.0 Å². The highest BCUT2D eigenvalue weighted by molar-refractivity contribution is 5.88. The number of phenols is 2. The molecule has 0 spiro atoms. The number of fused-ring (bicyclic) bond motifs is 2. The summed E-state index contributed by atoms with van der Waals surface area (Å²) in [5.41, 5.74) is 4.57.